The van der Waals surface area contributed by atoms with Crippen LogP contribution in [0.4, 0.5) is 0 Å². The summed E-state index contributed by atoms with van der Waals surface area (Å²) in [6.07, 6.45) is 7.69. The second kappa shape index (κ2) is 19.4. The number of carbonyl (C=O) groups is 9. The SMILES string of the molecule is O=C(NCCOCCN1C(=O)C=CC1=O)C1CC(C(=O)NCCOCCN2C(=O)C=CC2=O)CC(C(=O)NCCOCCN2C(=O)C=CC2=O)C1. The second-order valence-electron chi connectivity index (χ2n) is 12.0. The van der Waals surface area contributed by atoms with Crippen LogP contribution in [0.2, 0.25) is 0 Å². The van der Waals surface area contributed by atoms with Gasteiger partial charge in [0.2, 0.25) is 17.7 Å². The van der Waals surface area contributed by atoms with Crippen molar-refractivity contribution in [3.8, 4) is 0 Å². The van der Waals surface area contributed by atoms with Gasteiger partial charge in [0.05, 0.1) is 59.3 Å². The minimum Gasteiger partial charge on any atom is -0.378 e. The molecule has 0 atom stereocenters. The van der Waals surface area contributed by atoms with Crippen molar-refractivity contribution in [1.82, 2.24) is 30.7 Å². The maximum absolute atomic E-state index is 13.1. The van der Waals surface area contributed by atoms with E-state index >= 15 is 0 Å². The molecular formula is C33H42N6O12. The fraction of sp³-hybridized carbons (Fsp3) is 0.545. The number of nitrogens with one attached hydrogen (secondary N) is 3. The van der Waals surface area contributed by atoms with E-state index in [0.717, 1.165) is 14.7 Å². The third kappa shape index (κ3) is 11.5. The van der Waals surface area contributed by atoms with Gasteiger partial charge in [-0.15, -0.1) is 0 Å². The number of rotatable bonds is 21. The maximum atomic E-state index is 13.1. The first-order valence-electron chi connectivity index (χ1n) is 16.7. The molecule has 1 saturated carbocycles. The van der Waals surface area contributed by atoms with E-state index in [-0.39, 0.29) is 116 Å². The van der Waals surface area contributed by atoms with Gasteiger partial charge in [-0.2, -0.15) is 0 Å². The quantitative estimate of drug-likeness (QED) is 0.0809. The third-order valence-corrected chi connectivity index (χ3v) is 8.54. The Kier molecular flexibility index (Phi) is 14.7. The predicted molar refractivity (Wildman–Crippen MR) is 173 cm³/mol. The Morgan fingerprint density at radius 1 is 0.451 bits per heavy atom. The minimum atomic E-state index is -0.656. The summed E-state index contributed by atoms with van der Waals surface area (Å²) < 4.78 is 16.4. The average molecular weight is 715 g/mol. The highest BCUT2D eigenvalue weighted by Crippen LogP contribution is 2.34. The standard InChI is InChI=1S/C33H42N6O12/c40-25-1-2-26(41)37(25)10-16-49-13-7-34-31(46)22-19-23(32(47)35-8-14-50-17-11-38-27(42)3-4-28(38)43)21-24(20-22)33(48)36-9-15-51-18-12-39-29(44)5-6-30(39)45/h1-6,22-24H,7-21H2,(H,34,46)(H,35,47)(H,36,48). The van der Waals surface area contributed by atoms with Gasteiger partial charge in [-0.05, 0) is 19.3 Å². The van der Waals surface area contributed by atoms with E-state index in [9.17, 15) is 43.2 Å². The number of ether oxygens (including phenoxy) is 3. The van der Waals surface area contributed by atoms with Gasteiger partial charge in [0.1, 0.15) is 0 Å². The normalized spacial score (nSPS) is 21.4. The Morgan fingerprint density at radius 3 is 0.922 bits per heavy atom. The molecule has 18 heteroatoms. The Bertz CT molecular complexity index is 1240. The van der Waals surface area contributed by atoms with Crippen LogP contribution in [0.3, 0.4) is 0 Å². The first-order chi connectivity index (χ1) is 24.5. The summed E-state index contributed by atoms with van der Waals surface area (Å²) in [6.45, 7) is 1.25. The molecule has 9 amide bonds. The van der Waals surface area contributed by atoms with Gasteiger partial charge >= 0.3 is 0 Å². The molecule has 0 spiro atoms. The van der Waals surface area contributed by atoms with Crippen molar-refractivity contribution in [1.29, 1.82) is 0 Å². The van der Waals surface area contributed by atoms with Crippen LogP contribution in [0.25, 0.3) is 0 Å². The van der Waals surface area contributed by atoms with Crippen molar-refractivity contribution in [2.75, 3.05) is 78.9 Å². The average Bonchev–Trinajstić information content (AvgIpc) is 3.74. The fourth-order valence-corrected chi connectivity index (χ4v) is 5.86. The summed E-state index contributed by atoms with van der Waals surface area (Å²) in [4.78, 5) is 112. The molecule has 276 valence electrons. The lowest BCUT2D eigenvalue weighted by Crippen LogP contribution is -2.46. The molecule has 51 heavy (non-hydrogen) atoms. The molecule has 4 aliphatic rings. The Morgan fingerprint density at radius 2 is 0.686 bits per heavy atom. The molecule has 0 aromatic carbocycles. The molecular weight excluding hydrogens is 672 g/mol. The van der Waals surface area contributed by atoms with Crippen LogP contribution in [0.1, 0.15) is 19.3 Å². The zero-order valence-electron chi connectivity index (χ0n) is 28.0. The van der Waals surface area contributed by atoms with E-state index in [1.165, 1.54) is 36.5 Å². The second-order valence-corrected chi connectivity index (χ2v) is 12.0. The summed E-state index contributed by atoms with van der Waals surface area (Å²) >= 11 is 0. The molecule has 0 bridgehead atoms. The Hall–Kier alpha value is -5.07. The van der Waals surface area contributed by atoms with Crippen LogP contribution < -0.4 is 16.0 Å². The van der Waals surface area contributed by atoms with Crippen molar-refractivity contribution in [3.05, 3.63) is 36.5 Å². The van der Waals surface area contributed by atoms with Crippen molar-refractivity contribution in [2.45, 2.75) is 19.3 Å². The zero-order chi connectivity index (χ0) is 36.8. The summed E-state index contributed by atoms with van der Waals surface area (Å²) in [5.41, 5.74) is 0. The van der Waals surface area contributed by atoms with Gasteiger partial charge in [0, 0.05) is 73.8 Å². The van der Waals surface area contributed by atoms with Gasteiger partial charge in [-0.1, -0.05) is 0 Å². The highest BCUT2D eigenvalue weighted by Gasteiger charge is 2.39. The topological polar surface area (TPSA) is 227 Å². The Labute approximate surface area is 293 Å². The molecule has 0 aromatic rings. The molecule has 0 saturated heterocycles. The van der Waals surface area contributed by atoms with Crippen molar-refractivity contribution >= 4 is 53.2 Å². The first-order valence-corrected chi connectivity index (χ1v) is 16.7. The molecule has 4 rings (SSSR count). The van der Waals surface area contributed by atoms with Crippen molar-refractivity contribution in [3.63, 3.8) is 0 Å². The van der Waals surface area contributed by atoms with Crippen molar-refractivity contribution in [2.24, 2.45) is 17.8 Å². The van der Waals surface area contributed by atoms with Crippen LogP contribution in [0.15, 0.2) is 36.5 Å². The van der Waals surface area contributed by atoms with Crippen LogP contribution in [-0.2, 0) is 57.4 Å². The molecule has 18 nitrogen and oxygen atoms in total. The van der Waals surface area contributed by atoms with Gasteiger partial charge in [0.25, 0.3) is 35.4 Å². The van der Waals surface area contributed by atoms with E-state index in [4.69, 9.17) is 14.2 Å². The summed E-state index contributed by atoms with van der Waals surface area (Å²) in [6, 6.07) is 0. The number of nitrogens with zero attached hydrogens (tertiary/aromatic N) is 3. The van der Waals surface area contributed by atoms with E-state index in [2.05, 4.69) is 16.0 Å². The van der Waals surface area contributed by atoms with Crippen LogP contribution in [-0.4, -0.2) is 147 Å². The highest BCUT2D eigenvalue weighted by atomic mass is 16.5. The third-order valence-electron chi connectivity index (χ3n) is 8.54. The number of imide groups is 3. The molecule has 1 fully saturated rings. The molecule has 3 aliphatic heterocycles. The van der Waals surface area contributed by atoms with Crippen LogP contribution in [0.5, 0.6) is 0 Å². The maximum Gasteiger partial charge on any atom is 0.253 e. The fourth-order valence-electron chi connectivity index (χ4n) is 5.86. The zero-order valence-corrected chi connectivity index (χ0v) is 28.0. The lowest BCUT2D eigenvalue weighted by atomic mass is 9.74. The van der Waals surface area contributed by atoms with E-state index in [1.807, 2.05) is 0 Å². The number of carbonyl (C=O) groups excluding carboxylic acids is 9. The van der Waals surface area contributed by atoms with Gasteiger partial charge < -0.3 is 30.2 Å². The van der Waals surface area contributed by atoms with E-state index < -0.39 is 53.2 Å². The largest absolute Gasteiger partial charge is 0.378 e. The van der Waals surface area contributed by atoms with Gasteiger partial charge in [-0.25, -0.2) is 0 Å². The molecule has 3 N–H and O–H groups in total. The summed E-state index contributed by atoms with van der Waals surface area (Å²) in [7, 11) is 0. The lowest BCUT2D eigenvalue weighted by molar-refractivity contribution is -0.139. The first kappa shape index (κ1) is 38.7. The van der Waals surface area contributed by atoms with Gasteiger partial charge in [-0.3, -0.25) is 57.9 Å². The number of amides is 9. The molecule has 0 unspecified atom stereocenters. The van der Waals surface area contributed by atoms with Crippen molar-refractivity contribution < 1.29 is 57.4 Å². The smallest absolute Gasteiger partial charge is 0.253 e. The Balaban J connectivity index is 1.19. The lowest BCUT2D eigenvalue weighted by Gasteiger charge is -2.33. The number of hydrogen-bond acceptors (Lipinski definition) is 12. The molecule has 1 aliphatic carbocycles. The van der Waals surface area contributed by atoms with Gasteiger partial charge in [0.15, 0.2) is 0 Å². The summed E-state index contributed by atoms with van der Waals surface area (Å²) in [5, 5.41) is 8.31. The molecule has 0 radical (unpaired) electrons. The van der Waals surface area contributed by atoms with Crippen LogP contribution >= 0.6 is 0 Å². The minimum absolute atomic E-state index is 0.0788. The van der Waals surface area contributed by atoms with E-state index in [0.29, 0.717) is 0 Å². The summed E-state index contributed by atoms with van der Waals surface area (Å²) in [5.74, 6) is -5.51. The van der Waals surface area contributed by atoms with Crippen LogP contribution in [0, 0.1) is 17.8 Å². The predicted octanol–water partition coefficient (Wildman–Crippen LogP) is -2.81. The van der Waals surface area contributed by atoms with E-state index in [1.54, 1.807) is 0 Å². The highest BCUT2D eigenvalue weighted by molar-refractivity contribution is 6.14. The molecule has 0 aromatic heterocycles. The monoisotopic (exact) mass is 714 g/mol. The number of hydrogen-bond donors (Lipinski definition) is 3. The molecule has 3 heterocycles.